The molecule has 0 atom stereocenters. The van der Waals surface area contributed by atoms with Gasteiger partial charge in [-0.1, -0.05) is 29.3 Å². The molecule has 4 aromatic rings. The van der Waals surface area contributed by atoms with E-state index in [-0.39, 0.29) is 11.2 Å². The highest BCUT2D eigenvalue weighted by molar-refractivity contribution is 14.1. The highest BCUT2D eigenvalue weighted by Crippen LogP contribution is 2.26. The van der Waals surface area contributed by atoms with Crippen LogP contribution in [-0.2, 0) is 0 Å². The third kappa shape index (κ3) is 4.48. The Kier molecular flexibility index (Phi) is 6.08. The van der Waals surface area contributed by atoms with Crippen molar-refractivity contribution in [1.82, 2.24) is 9.55 Å². The Morgan fingerprint density at radius 1 is 1.00 bits per heavy atom. The molecule has 0 N–H and O–H groups in total. The molecule has 0 radical (unpaired) electrons. The van der Waals surface area contributed by atoms with Gasteiger partial charge in [-0.2, -0.15) is 0 Å². The number of nitro benzene ring substituents is 1. The molecule has 0 aliphatic rings. The quantitative estimate of drug-likeness (QED) is 0.164. The smallest absolute Gasteiger partial charge is 0.268 e. The van der Waals surface area contributed by atoms with Gasteiger partial charge in [0.25, 0.3) is 11.2 Å². The van der Waals surface area contributed by atoms with Gasteiger partial charge in [0, 0.05) is 20.7 Å². The van der Waals surface area contributed by atoms with Crippen molar-refractivity contribution in [2.75, 3.05) is 0 Å². The van der Waals surface area contributed by atoms with E-state index in [2.05, 4.69) is 27.6 Å². The molecule has 0 unspecified atom stereocenters. The first-order chi connectivity index (χ1) is 14.8. The molecule has 4 rings (SSSR count). The summed E-state index contributed by atoms with van der Waals surface area (Å²) in [5, 5.41) is 12.1. The predicted octanol–water partition coefficient (Wildman–Crippen LogP) is 6.38. The summed E-state index contributed by atoms with van der Waals surface area (Å²) in [5.74, 6) is 0.362. The standard InChI is InChI=1S/C22H12Cl2IN3O3/c23-14-4-9-20(18(24)11-14)27-21(10-3-13-1-6-16(7-2-13)28(30)31)26-19-8-5-15(25)12-17(19)22(27)29/h1-12H. The lowest BCUT2D eigenvalue weighted by Gasteiger charge is -2.13. The summed E-state index contributed by atoms with van der Waals surface area (Å²) in [6.45, 7) is 0. The van der Waals surface area contributed by atoms with Crippen molar-refractivity contribution in [3.05, 3.63) is 106 Å². The molecule has 0 amide bonds. The summed E-state index contributed by atoms with van der Waals surface area (Å²) in [7, 11) is 0. The van der Waals surface area contributed by atoms with Gasteiger partial charge < -0.3 is 0 Å². The first kappa shape index (κ1) is 21.5. The summed E-state index contributed by atoms with van der Waals surface area (Å²) in [4.78, 5) is 28.4. The van der Waals surface area contributed by atoms with Crippen LogP contribution in [0, 0.1) is 13.7 Å². The van der Waals surface area contributed by atoms with Crippen molar-refractivity contribution in [3.63, 3.8) is 0 Å². The van der Waals surface area contributed by atoms with E-state index in [1.165, 1.54) is 16.7 Å². The lowest BCUT2D eigenvalue weighted by Crippen LogP contribution is -2.22. The number of nitrogens with zero attached hydrogens (tertiary/aromatic N) is 3. The summed E-state index contributed by atoms with van der Waals surface area (Å²) in [5.41, 5.74) is 1.45. The van der Waals surface area contributed by atoms with Gasteiger partial charge in [-0.15, -0.1) is 0 Å². The minimum Gasteiger partial charge on any atom is -0.268 e. The average Bonchev–Trinajstić information content (AvgIpc) is 2.74. The van der Waals surface area contributed by atoms with Gasteiger partial charge in [-0.05, 0) is 82.8 Å². The van der Waals surface area contributed by atoms with E-state index in [0.29, 0.717) is 32.5 Å². The van der Waals surface area contributed by atoms with Gasteiger partial charge in [-0.25, -0.2) is 4.98 Å². The molecule has 154 valence electrons. The number of halogens is 3. The molecule has 0 fully saturated rings. The second kappa shape index (κ2) is 8.78. The largest absolute Gasteiger partial charge is 0.269 e. The van der Waals surface area contributed by atoms with Crippen LogP contribution in [0.5, 0.6) is 0 Å². The van der Waals surface area contributed by atoms with Gasteiger partial charge >= 0.3 is 0 Å². The van der Waals surface area contributed by atoms with Crippen molar-refractivity contribution in [3.8, 4) is 5.69 Å². The second-order valence-corrected chi connectivity index (χ2v) is 8.64. The summed E-state index contributed by atoms with van der Waals surface area (Å²) in [6, 6.07) is 16.4. The third-order valence-electron chi connectivity index (χ3n) is 4.54. The Bertz CT molecular complexity index is 1420. The number of hydrogen-bond donors (Lipinski definition) is 0. The molecule has 1 aromatic heterocycles. The first-order valence-corrected chi connectivity index (χ1v) is 10.8. The van der Waals surface area contributed by atoms with Crippen LogP contribution in [0.2, 0.25) is 10.0 Å². The van der Waals surface area contributed by atoms with Crippen molar-refractivity contribution in [1.29, 1.82) is 0 Å². The van der Waals surface area contributed by atoms with Crippen molar-refractivity contribution >= 4 is 74.5 Å². The second-order valence-electron chi connectivity index (χ2n) is 6.55. The minimum absolute atomic E-state index is 0.000405. The number of rotatable bonds is 4. The molecular weight excluding hydrogens is 552 g/mol. The van der Waals surface area contributed by atoms with Crippen molar-refractivity contribution in [2.45, 2.75) is 0 Å². The first-order valence-electron chi connectivity index (χ1n) is 8.94. The Morgan fingerprint density at radius 2 is 1.74 bits per heavy atom. The SMILES string of the molecule is O=c1c2cc(I)ccc2nc(C=Cc2ccc([N+](=O)[O-])cc2)n1-c1ccc(Cl)cc1Cl. The molecule has 1 heterocycles. The molecule has 0 saturated carbocycles. The van der Waals surface area contributed by atoms with E-state index in [4.69, 9.17) is 23.2 Å². The molecular formula is C22H12Cl2IN3O3. The lowest BCUT2D eigenvalue weighted by atomic mass is 10.2. The summed E-state index contributed by atoms with van der Waals surface area (Å²) < 4.78 is 2.34. The fraction of sp³-hybridized carbons (Fsp3) is 0. The Morgan fingerprint density at radius 3 is 2.42 bits per heavy atom. The average molecular weight is 564 g/mol. The van der Waals surface area contributed by atoms with E-state index in [1.807, 2.05) is 6.07 Å². The predicted molar refractivity (Wildman–Crippen MR) is 132 cm³/mol. The van der Waals surface area contributed by atoms with Crippen LogP contribution in [0.15, 0.2) is 65.5 Å². The van der Waals surface area contributed by atoms with E-state index < -0.39 is 4.92 Å². The van der Waals surface area contributed by atoms with Crippen LogP contribution in [-0.4, -0.2) is 14.5 Å². The van der Waals surface area contributed by atoms with Gasteiger partial charge in [0.15, 0.2) is 0 Å². The molecule has 0 aliphatic heterocycles. The van der Waals surface area contributed by atoms with Crippen LogP contribution in [0.3, 0.4) is 0 Å². The highest BCUT2D eigenvalue weighted by Gasteiger charge is 2.14. The maximum Gasteiger partial charge on any atom is 0.269 e. The number of benzene rings is 3. The highest BCUT2D eigenvalue weighted by atomic mass is 127. The topological polar surface area (TPSA) is 78.0 Å². The molecule has 31 heavy (non-hydrogen) atoms. The van der Waals surface area contributed by atoms with Crippen LogP contribution in [0.1, 0.15) is 11.4 Å². The number of nitro groups is 1. The fourth-order valence-corrected chi connectivity index (χ4v) is 4.04. The molecule has 0 bridgehead atoms. The zero-order valence-electron chi connectivity index (χ0n) is 15.6. The number of hydrogen-bond acceptors (Lipinski definition) is 4. The molecule has 3 aromatic carbocycles. The van der Waals surface area contributed by atoms with Gasteiger partial charge in [0.05, 0.1) is 26.5 Å². The van der Waals surface area contributed by atoms with Crippen molar-refractivity contribution < 1.29 is 4.92 Å². The van der Waals surface area contributed by atoms with Gasteiger partial charge in [0.2, 0.25) is 0 Å². The maximum absolute atomic E-state index is 13.4. The monoisotopic (exact) mass is 563 g/mol. The number of fused-ring (bicyclic) bond motifs is 1. The van der Waals surface area contributed by atoms with E-state index in [0.717, 1.165) is 9.13 Å². The van der Waals surface area contributed by atoms with Gasteiger partial charge in [0.1, 0.15) is 5.82 Å². The number of non-ortho nitro benzene ring substituents is 1. The van der Waals surface area contributed by atoms with Crippen molar-refractivity contribution in [2.24, 2.45) is 0 Å². The molecule has 0 spiro atoms. The maximum atomic E-state index is 13.4. The van der Waals surface area contributed by atoms with E-state index >= 15 is 0 Å². The lowest BCUT2D eigenvalue weighted by molar-refractivity contribution is -0.384. The van der Waals surface area contributed by atoms with Crippen LogP contribution in [0.4, 0.5) is 5.69 Å². The number of aromatic nitrogens is 2. The molecule has 0 aliphatic carbocycles. The normalized spacial score (nSPS) is 11.3. The van der Waals surface area contributed by atoms with Gasteiger partial charge in [-0.3, -0.25) is 19.5 Å². The van der Waals surface area contributed by atoms with E-state index in [9.17, 15) is 14.9 Å². The van der Waals surface area contributed by atoms with Crippen LogP contribution < -0.4 is 5.56 Å². The summed E-state index contributed by atoms with van der Waals surface area (Å²) >= 11 is 14.6. The fourth-order valence-electron chi connectivity index (χ4n) is 3.06. The Labute approximate surface area is 200 Å². The molecule has 6 nitrogen and oxygen atoms in total. The molecule has 9 heteroatoms. The summed E-state index contributed by atoms with van der Waals surface area (Å²) in [6.07, 6.45) is 3.40. The van der Waals surface area contributed by atoms with E-state index in [1.54, 1.807) is 54.6 Å². The molecule has 0 saturated heterocycles. The van der Waals surface area contributed by atoms with Crippen LogP contribution in [0.25, 0.3) is 28.7 Å². The minimum atomic E-state index is -0.458. The zero-order valence-corrected chi connectivity index (χ0v) is 19.3. The Hall–Kier alpha value is -2.75. The third-order valence-corrected chi connectivity index (χ3v) is 5.74. The zero-order chi connectivity index (χ0) is 22.1. The Balaban J connectivity index is 1.91. The van der Waals surface area contributed by atoms with Crippen LogP contribution >= 0.6 is 45.8 Å².